The number of amides is 1. The lowest BCUT2D eigenvalue weighted by Gasteiger charge is -2.37. The Morgan fingerprint density at radius 2 is 2.21 bits per heavy atom. The van der Waals surface area contributed by atoms with Gasteiger partial charge in [-0.05, 0) is 38.7 Å². The maximum absolute atomic E-state index is 11.4. The quantitative estimate of drug-likeness (QED) is 0.689. The highest BCUT2D eigenvalue weighted by atomic mass is 16.2. The van der Waals surface area contributed by atoms with Crippen LogP contribution in [0.2, 0.25) is 0 Å². The Morgan fingerprint density at radius 1 is 1.57 bits per heavy atom. The van der Waals surface area contributed by atoms with Crippen molar-refractivity contribution in [1.82, 2.24) is 4.90 Å². The predicted molar refractivity (Wildman–Crippen MR) is 57.8 cm³/mol. The number of likely N-dealkylation sites (N-methyl/N-ethyl adjacent to an activating group) is 1. The van der Waals surface area contributed by atoms with Crippen LogP contribution in [0.4, 0.5) is 0 Å². The third kappa shape index (κ3) is 2.84. The van der Waals surface area contributed by atoms with Crippen molar-refractivity contribution >= 4 is 5.91 Å². The van der Waals surface area contributed by atoms with E-state index in [1.807, 2.05) is 13.0 Å². The van der Waals surface area contributed by atoms with Crippen molar-refractivity contribution in [1.29, 1.82) is 0 Å². The minimum Gasteiger partial charge on any atom is -0.343 e. The van der Waals surface area contributed by atoms with E-state index in [0.717, 1.165) is 25.8 Å². The van der Waals surface area contributed by atoms with E-state index in [9.17, 15) is 4.79 Å². The molecule has 1 aliphatic carbocycles. The molecule has 0 unspecified atom stereocenters. The highest BCUT2D eigenvalue weighted by Crippen LogP contribution is 2.32. The minimum atomic E-state index is -0.0123. The lowest BCUT2D eigenvalue weighted by Crippen LogP contribution is -2.45. The highest BCUT2D eigenvalue weighted by Gasteiger charge is 2.30. The van der Waals surface area contributed by atoms with Gasteiger partial charge in [-0.1, -0.05) is 6.08 Å². The molecule has 0 atom stereocenters. The average Bonchev–Trinajstić information content (AvgIpc) is 2.13. The van der Waals surface area contributed by atoms with Gasteiger partial charge < -0.3 is 10.6 Å². The zero-order chi connectivity index (χ0) is 10.6. The normalized spacial score (nSPS) is 19.4. The molecule has 0 saturated heterocycles. The number of carbonyl (C=O) groups is 1. The van der Waals surface area contributed by atoms with E-state index in [0.29, 0.717) is 0 Å². The number of carbonyl (C=O) groups excluding carboxylic acids is 1. The van der Waals surface area contributed by atoms with E-state index < -0.39 is 0 Å². The van der Waals surface area contributed by atoms with Gasteiger partial charge in [-0.3, -0.25) is 4.79 Å². The van der Waals surface area contributed by atoms with E-state index in [-0.39, 0.29) is 11.4 Å². The molecule has 1 aliphatic rings. The van der Waals surface area contributed by atoms with E-state index in [4.69, 9.17) is 5.73 Å². The average molecular weight is 196 g/mol. The summed E-state index contributed by atoms with van der Waals surface area (Å²) in [7, 11) is 1.80. The fourth-order valence-corrected chi connectivity index (χ4v) is 1.51. The van der Waals surface area contributed by atoms with Crippen LogP contribution in [0, 0.1) is 0 Å². The van der Waals surface area contributed by atoms with Gasteiger partial charge in [0.1, 0.15) is 0 Å². The van der Waals surface area contributed by atoms with Crippen LogP contribution in [0.25, 0.3) is 0 Å². The van der Waals surface area contributed by atoms with Crippen LogP contribution in [0.1, 0.15) is 32.6 Å². The highest BCUT2D eigenvalue weighted by molar-refractivity contribution is 5.87. The van der Waals surface area contributed by atoms with E-state index >= 15 is 0 Å². The first-order valence-corrected chi connectivity index (χ1v) is 5.28. The molecule has 1 saturated carbocycles. The second kappa shape index (κ2) is 4.60. The van der Waals surface area contributed by atoms with Crippen molar-refractivity contribution in [3.8, 4) is 0 Å². The Kier molecular flexibility index (Phi) is 3.69. The molecular formula is C11H20N2O. The molecule has 0 aromatic heterocycles. The van der Waals surface area contributed by atoms with Crippen LogP contribution in [-0.2, 0) is 4.79 Å². The molecule has 14 heavy (non-hydrogen) atoms. The molecule has 3 heteroatoms. The molecule has 0 heterocycles. The van der Waals surface area contributed by atoms with E-state index in [1.165, 1.54) is 6.42 Å². The zero-order valence-electron chi connectivity index (χ0n) is 9.12. The molecule has 0 aromatic carbocycles. The monoisotopic (exact) mass is 196 g/mol. The summed E-state index contributed by atoms with van der Waals surface area (Å²) < 4.78 is 0. The molecule has 1 fully saturated rings. The van der Waals surface area contributed by atoms with Gasteiger partial charge in [-0.25, -0.2) is 0 Å². The van der Waals surface area contributed by atoms with Crippen LogP contribution in [0.3, 0.4) is 0 Å². The van der Waals surface area contributed by atoms with Crippen molar-refractivity contribution in [2.45, 2.75) is 38.1 Å². The standard InChI is InChI=1S/C11H20N2O/c1-3-13(2)10(14)6-4-7-11(12)8-5-9-11/h4,6H,3,5,7-9,12H2,1-2H3/b6-4+. The summed E-state index contributed by atoms with van der Waals surface area (Å²) >= 11 is 0. The first-order valence-electron chi connectivity index (χ1n) is 5.28. The number of hydrogen-bond donors (Lipinski definition) is 1. The first kappa shape index (κ1) is 11.2. The van der Waals surface area contributed by atoms with Crippen molar-refractivity contribution in [3.05, 3.63) is 12.2 Å². The van der Waals surface area contributed by atoms with Gasteiger partial charge in [0, 0.05) is 19.1 Å². The van der Waals surface area contributed by atoms with Gasteiger partial charge >= 0.3 is 0 Å². The number of hydrogen-bond acceptors (Lipinski definition) is 2. The zero-order valence-corrected chi connectivity index (χ0v) is 9.12. The van der Waals surface area contributed by atoms with Gasteiger partial charge in [0.25, 0.3) is 0 Å². The SMILES string of the molecule is CCN(C)C(=O)/C=C/CC1(N)CCC1. The summed E-state index contributed by atoms with van der Waals surface area (Å²) in [5, 5.41) is 0. The Bertz CT molecular complexity index is 231. The molecule has 0 bridgehead atoms. The lowest BCUT2D eigenvalue weighted by atomic mass is 9.75. The summed E-state index contributed by atoms with van der Waals surface area (Å²) in [5.74, 6) is 0.0652. The largest absolute Gasteiger partial charge is 0.343 e. The smallest absolute Gasteiger partial charge is 0.245 e. The van der Waals surface area contributed by atoms with Crippen molar-refractivity contribution < 1.29 is 4.79 Å². The summed E-state index contributed by atoms with van der Waals surface area (Å²) in [4.78, 5) is 13.0. The fourth-order valence-electron chi connectivity index (χ4n) is 1.51. The van der Waals surface area contributed by atoms with E-state index in [2.05, 4.69) is 0 Å². The second-order valence-electron chi connectivity index (χ2n) is 4.17. The van der Waals surface area contributed by atoms with Crippen molar-refractivity contribution in [2.24, 2.45) is 5.73 Å². The Labute approximate surface area is 86.0 Å². The molecule has 1 rings (SSSR count). The van der Waals surface area contributed by atoms with Gasteiger partial charge in [0.15, 0.2) is 0 Å². The van der Waals surface area contributed by atoms with Gasteiger partial charge in [-0.2, -0.15) is 0 Å². The molecule has 3 nitrogen and oxygen atoms in total. The van der Waals surface area contributed by atoms with Crippen molar-refractivity contribution in [2.75, 3.05) is 13.6 Å². The maximum Gasteiger partial charge on any atom is 0.245 e. The molecule has 0 aromatic rings. The second-order valence-corrected chi connectivity index (χ2v) is 4.17. The summed E-state index contributed by atoms with van der Waals surface area (Å²) in [6.45, 7) is 2.71. The molecule has 1 amide bonds. The summed E-state index contributed by atoms with van der Waals surface area (Å²) in [6.07, 6.45) is 7.79. The molecular weight excluding hydrogens is 176 g/mol. The topological polar surface area (TPSA) is 46.3 Å². The van der Waals surface area contributed by atoms with Crippen LogP contribution in [0.5, 0.6) is 0 Å². The fraction of sp³-hybridized carbons (Fsp3) is 0.727. The van der Waals surface area contributed by atoms with Crippen LogP contribution in [-0.4, -0.2) is 29.9 Å². The third-order valence-corrected chi connectivity index (χ3v) is 2.98. The van der Waals surface area contributed by atoms with Gasteiger partial charge in [-0.15, -0.1) is 0 Å². The minimum absolute atomic E-state index is 0.0123. The predicted octanol–water partition coefficient (Wildman–Crippen LogP) is 1.29. The maximum atomic E-state index is 11.4. The molecule has 80 valence electrons. The Balaban J connectivity index is 2.29. The number of rotatable bonds is 4. The molecule has 0 spiro atoms. The lowest BCUT2D eigenvalue weighted by molar-refractivity contribution is -0.124. The van der Waals surface area contributed by atoms with Gasteiger partial charge in [0.05, 0.1) is 0 Å². The Morgan fingerprint density at radius 3 is 2.64 bits per heavy atom. The summed E-state index contributed by atoms with van der Waals surface area (Å²) in [5.41, 5.74) is 6.01. The Hall–Kier alpha value is -0.830. The van der Waals surface area contributed by atoms with Crippen LogP contribution in [0.15, 0.2) is 12.2 Å². The van der Waals surface area contributed by atoms with Crippen LogP contribution < -0.4 is 5.73 Å². The summed E-state index contributed by atoms with van der Waals surface area (Å²) in [6, 6.07) is 0. The van der Waals surface area contributed by atoms with Gasteiger partial charge in [0.2, 0.25) is 5.91 Å². The van der Waals surface area contributed by atoms with Crippen molar-refractivity contribution in [3.63, 3.8) is 0 Å². The number of nitrogens with zero attached hydrogens (tertiary/aromatic N) is 1. The number of nitrogens with two attached hydrogens (primary N) is 1. The third-order valence-electron chi connectivity index (χ3n) is 2.98. The van der Waals surface area contributed by atoms with E-state index in [1.54, 1.807) is 18.0 Å². The first-order chi connectivity index (χ1) is 6.57. The molecule has 0 aliphatic heterocycles. The molecule has 0 radical (unpaired) electrons. The van der Waals surface area contributed by atoms with Crippen LogP contribution >= 0.6 is 0 Å². The molecule has 2 N–H and O–H groups in total.